The van der Waals surface area contributed by atoms with Crippen LogP contribution in [0.3, 0.4) is 0 Å². The average molecular weight is 380 g/mol. The van der Waals surface area contributed by atoms with E-state index in [4.69, 9.17) is 14.6 Å². The third kappa shape index (κ3) is 6.58. The number of unbranched alkanes of at least 4 members (excludes halogenated alkanes) is 1. The van der Waals surface area contributed by atoms with Gasteiger partial charge in [-0.3, -0.25) is 4.68 Å². The molecule has 1 fully saturated rings. The largest absolute Gasteiger partial charge is 0.381 e. The van der Waals surface area contributed by atoms with Gasteiger partial charge in [-0.05, 0) is 59.5 Å². The maximum absolute atomic E-state index is 5.83. The van der Waals surface area contributed by atoms with Gasteiger partial charge in [0, 0.05) is 49.9 Å². The molecule has 0 bridgehead atoms. The van der Waals surface area contributed by atoms with Crippen LogP contribution in [0.1, 0.15) is 76.5 Å². The number of rotatable bonds is 12. The summed E-state index contributed by atoms with van der Waals surface area (Å²) in [5.74, 6) is 0.567. The van der Waals surface area contributed by atoms with Crippen LogP contribution in [-0.4, -0.2) is 54.7 Å². The molecule has 1 aliphatic carbocycles. The molecule has 5 nitrogen and oxygen atoms in total. The topological polar surface area (TPSA) is 39.5 Å². The predicted octanol–water partition coefficient (Wildman–Crippen LogP) is 4.37. The van der Waals surface area contributed by atoms with E-state index in [0.717, 1.165) is 39.5 Å². The van der Waals surface area contributed by atoms with E-state index in [9.17, 15) is 0 Å². The standard InChI is InChI=1S/C22H41N3O2/c1-6-9-14-24(4)15-20-16-25(5)23-21(20)19-10-12-22(13-11-19,17-26-7-2)18-27-8-3/h16,19H,6-15,17-18H2,1-5H3. The van der Waals surface area contributed by atoms with Crippen molar-refractivity contribution in [2.24, 2.45) is 12.5 Å². The monoisotopic (exact) mass is 379 g/mol. The van der Waals surface area contributed by atoms with E-state index in [1.54, 1.807) is 0 Å². The van der Waals surface area contributed by atoms with Crippen LogP contribution in [0.4, 0.5) is 0 Å². The summed E-state index contributed by atoms with van der Waals surface area (Å²) >= 11 is 0. The minimum atomic E-state index is 0.190. The van der Waals surface area contributed by atoms with Crippen molar-refractivity contribution in [1.29, 1.82) is 0 Å². The third-order valence-electron chi connectivity index (χ3n) is 5.93. The molecule has 1 aliphatic rings. The normalized spacial score (nSPS) is 17.7. The minimum absolute atomic E-state index is 0.190. The molecule has 156 valence electrons. The second kappa shape index (κ2) is 11.2. The van der Waals surface area contributed by atoms with E-state index in [0.29, 0.717) is 5.92 Å². The Morgan fingerprint density at radius 2 is 1.78 bits per heavy atom. The SMILES string of the molecule is CCCCN(C)Cc1cn(C)nc1C1CCC(COCC)(COCC)CC1. The summed E-state index contributed by atoms with van der Waals surface area (Å²) in [6, 6.07) is 0. The summed E-state index contributed by atoms with van der Waals surface area (Å²) in [7, 11) is 4.28. The van der Waals surface area contributed by atoms with E-state index >= 15 is 0 Å². The van der Waals surface area contributed by atoms with Gasteiger partial charge in [0.15, 0.2) is 0 Å². The van der Waals surface area contributed by atoms with Gasteiger partial charge in [-0.15, -0.1) is 0 Å². The quantitative estimate of drug-likeness (QED) is 0.541. The molecule has 0 aliphatic heterocycles. The van der Waals surface area contributed by atoms with E-state index in [-0.39, 0.29) is 5.41 Å². The number of aromatic nitrogens is 2. The highest BCUT2D eigenvalue weighted by Gasteiger charge is 2.37. The Morgan fingerprint density at radius 3 is 2.33 bits per heavy atom. The van der Waals surface area contributed by atoms with Gasteiger partial charge in [-0.1, -0.05) is 13.3 Å². The van der Waals surface area contributed by atoms with Gasteiger partial charge < -0.3 is 14.4 Å². The third-order valence-corrected chi connectivity index (χ3v) is 5.93. The number of ether oxygens (including phenoxy) is 2. The summed E-state index contributed by atoms with van der Waals surface area (Å²) in [6.45, 7) is 11.8. The highest BCUT2D eigenvalue weighted by molar-refractivity contribution is 5.22. The molecule has 1 saturated carbocycles. The second-order valence-electron chi connectivity index (χ2n) is 8.35. The van der Waals surface area contributed by atoms with Gasteiger partial charge in [-0.2, -0.15) is 5.10 Å². The molecular weight excluding hydrogens is 338 g/mol. The Hall–Kier alpha value is -0.910. The van der Waals surface area contributed by atoms with Crippen LogP contribution in [0.15, 0.2) is 6.20 Å². The van der Waals surface area contributed by atoms with Crippen LogP contribution in [0.2, 0.25) is 0 Å². The number of aryl methyl sites for hydroxylation is 1. The van der Waals surface area contributed by atoms with Crippen LogP contribution < -0.4 is 0 Å². The molecule has 0 unspecified atom stereocenters. The van der Waals surface area contributed by atoms with Crippen molar-refractivity contribution in [3.05, 3.63) is 17.5 Å². The minimum Gasteiger partial charge on any atom is -0.381 e. The van der Waals surface area contributed by atoms with E-state index in [1.807, 2.05) is 4.68 Å². The predicted molar refractivity (Wildman–Crippen MR) is 111 cm³/mol. The summed E-state index contributed by atoms with van der Waals surface area (Å²) in [6.07, 6.45) is 9.42. The van der Waals surface area contributed by atoms with Crippen LogP contribution >= 0.6 is 0 Å². The summed E-state index contributed by atoms with van der Waals surface area (Å²) < 4.78 is 13.7. The summed E-state index contributed by atoms with van der Waals surface area (Å²) in [5.41, 5.74) is 2.92. The molecule has 0 radical (unpaired) electrons. The molecule has 1 aromatic heterocycles. The fourth-order valence-corrected chi connectivity index (χ4v) is 4.29. The van der Waals surface area contributed by atoms with Crippen molar-refractivity contribution in [2.45, 2.75) is 71.8 Å². The fourth-order valence-electron chi connectivity index (χ4n) is 4.29. The molecule has 0 amide bonds. The maximum atomic E-state index is 5.83. The zero-order valence-electron chi connectivity index (χ0n) is 18.3. The lowest BCUT2D eigenvalue weighted by Gasteiger charge is -2.39. The number of hydrogen-bond acceptors (Lipinski definition) is 4. The molecule has 5 heteroatoms. The van der Waals surface area contributed by atoms with Crippen molar-refractivity contribution in [3.8, 4) is 0 Å². The lowest BCUT2D eigenvalue weighted by molar-refractivity contribution is -0.0397. The van der Waals surface area contributed by atoms with Gasteiger partial charge in [0.25, 0.3) is 0 Å². The summed E-state index contributed by atoms with van der Waals surface area (Å²) in [4.78, 5) is 2.43. The van der Waals surface area contributed by atoms with Crippen molar-refractivity contribution < 1.29 is 9.47 Å². The average Bonchev–Trinajstić information content (AvgIpc) is 3.03. The van der Waals surface area contributed by atoms with Gasteiger partial charge in [0.2, 0.25) is 0 Å². The molecule has 1 heterocycles. The Bertz CT molecular complexity index is 526. The molecule has 2 rings (SSSR count). The number of hydrogen-bond donors (Lipinski definition) is 0. The first-order valence-electron chi connectivity index (χ1n) is 10.9. The van der Waals surface area contributed by atoms with Crippen molar-refractivity contribution in [3.63, 3.8) is 0 Å². The maximum Gasteiger partial charge on any atom is 0.0700 e. The molecular formula is C22H41N3O2. The zero-order chi connectivity index (χ0) is 19.7. The molecule has 0 saturated heterocycles. The van der Waals surface area contributed by atoms with Crippen molar-refractivity contribution >= 4 is 0 Å². The number of nitrogens with zero attached hydrogens (tertiary/aromatic N) is 3. The van der Waals surface area contributed by atoms with Crippen LogP contribution in [-0.2, 0) is 23.1 Å². The second-order valence-corrected chi connectivity index (χ2v) is 8.35. The Morgan fingerprint density at radius 1 is 1.15 bits per heavy atom. The molecule has 0 aromatic carbocycles. The van der Waals surface area contributed by atoms with E-state index in [2.05, 4.69) is 46.0 Å². The summed E-state index contributed by atoms with van der Waals surface area (Å²) in [5, 5.41) is 4.87. The molecule has 0 N–H and O–H groups in total. The molecule has 0 atom stereocenters. The van der Waals surface area contributed by atoms with Gasteiger partial charge in [0.05, 0.1) is 18.9 Å². The smallest absolute Gasteiger partial charge is 0.0700 e. The highest BCUT2D eigenvalue weighted by atomic mass is 16.5. The first-order chi connectivity index (χ1) is 13.0. The van der Waals surface area contributed by atoms with E-state index < -0.39 is 0 Å². The van der Waals surface area contributed by atoms with Crippen LogP contribution in [0.25, 0.3) is 0 Å². The van der Waals surface area contributed by atoms with Crippen molar-refractivity contribution in [2.75, 3.05) is 40.0 Å². The van der Waals surface area contributed by atoms with Crippen LogP contribution in [0, 0.1) is 5.41 Å². The van der Waals surface area contributed by atoms with Gasteiger partial charge in [-0.25, -0.2) is 0 Å². The fraction of sp³-hybridized carbons (Fsp3) is 0.864. The Kier molecular flexibility index (Phi) is 9.27. The van der Waals surface area contributed by atoms with E-state index in [1.165, 1.54) is 49.8 Å². The Balaban J connectivity index is 2.01. The molecule has 0 spiro atoms. The Labute approximate surface area is 166 Å². The van der Waals surface area contributed by atoms with Crippen LogP contribution in [0.5, 0.6) is 0 Å². The lowest BCUT2D eigenvalue weighted by Crippen LogP contribution is -2.36. The first-order valence-corrected chi connectivity index (χ1v) is 10.9. The molecule has 27 heavy (non-hydrogen) atoms. The van der Waals surface area contributed by atoms with Gasteiger partial charge in [0.1, 0.15) is 0 Å². The lowest BCUT2D eigenvalue weighted by atomic mass is 9.70. The first kappa shape index (κ1) is 22.4. The zero-order valence-corrected chi connectivity index (χ0v) is 18.3. The molecule has 1 aromatic rings. The van der Waals surface area contributed by atoms with Gasteiger partial charge >= 0.3 is 0 Å². The highest BCUT2D eigenvalue weighted by Crippen LogP contribution is 2.44. The van der Waals surface area contributed by atoms with Crippen molar-refractivity contribution in [1.82, 2.24) is 14.7 Å².